The molecule has 1 aliphatic rings. The molecule has 1 aromatic rings. The van der Waals surface area contributed by atoms with E-state index in [2.05, 4.69) is 22.1 Å². The van der Waals surface area contributed by atoms with Gasteiger partial charge in [0.2, 0.25) is 5.91 Å². The SMILES string of the molecule is O=C(Nc1cc(C#CCCO)ccn1)C1CCSC1. The number of amides is 1. The van der Waals surface area contributed by atoms with Crippen LogP contribution in [0.1, 0.15) is 18.4 Å². The first-order valence-corrected chi connectivity index (χ1v) is 7.39. The zero-order valence-corrected chi connectivity index (χ0v) is 11.4. The Hall–Kier alpha value is -1.51. The summed E-state index contributed by atoms with van der Waals surface area (Å²) in [6.45, 7) is 0.0566. The number of carbonyl (C=O) groups is 1. The van der Waals surface area contributed by atoms with E-state index in [0.29, 0.717) is 12.2 Å². The molecule has 1 aliphatic heterocycles. The van der Waals surface area contributed by atoms with Gasteiger partial charge in [-0.05, 0) is 24.3 Å². The summed E-state index contributed by atoms with van der Waals surface area (Å²) in [5.74, 6) is 8.38. The molecule has 2 rings (SSSR count). The van der Waals surface area contributed by atoms with Gasteiger partial charge in [-0.2, -0.15) is 11.8 Å². The summed E-state index contributed by atoms with van der Waals surface area (Å²) in [5, 5.41) is 11.5. The van der Waals surface area contributed by atoms with Crippen LogP contribution in [-0.4, -0.2) is 34.1 Å². The molecule has 0 aliphatic carbocycles. The van der Waals surface area contributed by atoms with Crippen molar-refractivity contribution in [3.05, 3.63) is 23.9 Å². The van der Waals surface area contributed by atoms with Gasteiger partial charge < -0.3 is 10.4 Å². The molecule has 2 heterocycles. The van der Waals surface area contributed by atoms with Crippen molar-refractivity contribution in [1.82, 2.24) is 4.98 Å². The fraction of sp³-hybridized carbons (Fsp3) is 0.429. The van der Waals surface area contributed by atoms with Gasteiger partial charge in [-0.1, -0.05) is 11.8 Å². The zero-order valence-electron chi connectivity index (χ0n) is 10.6. The largest absolute Gasteiger partial charge is 0.395 e. The molecule has 1 amide bonds. The molecule has 0 aromatic carbocycles. The lowest BCUT2D eigenvalue weighted by molar-refractivity contribution is -0.119. The maximum atomic E-state index is 12.0. The van der Waals surface area contributed by atoms with Crippen LogP contribution in [0.5, 0.6) is 0 Å². The maximum Gasteiger partial charge on any atom is 0.229 e. The van der Waals surface area contributed by atoms with Crippen LogP contribution in [0, 0.1) is 17.8 Å². The first-order chi connectivity index (χ1) is 9.29. The number of hydrogen-bond acceptors (Lipinski definition) is 4. The van der Waals surface area contributed by atoms with E-state index in [9.17, 15) is 4.79 Å². The summed E-state index contributed by atoms with van der Waals surface area (Å²) in [4.78, 5) is 16.1. The summed E-state index contributed by atoms with van der Waals surface area (Å²) in [5.41, 5.74) is 0.791. The van der Waals surface area contributed by atoms with E-state index >= 15 is 0 Å². The van der Waals surface area contributed by atoms with Crippen LogP contribution in [0.3, 0.4) is 0 Å². The second kappa shape index (κ2) is 7.17. The summed E-state index contributed by atoms with van der Waals surface area (Å²) < 4.78 is 0. The third-order valence-electron chi connectivity index (χ3n) is 2.78. The van der Waals surface area contributed by atoms with Crippen molar-refractivity contribution in [2.24, 2.45) is 5.92 Å². The Morgan fingerprint density at radius 1 is 1.63 bits per heavy atom. The van der Waals surface area contributed by atoms with Crippen LogP contribution in [0.25, 0.3) is 0 Å². The highest BCUT2D eigenvalue weighted by molar-refractivity contribution is 7.99. The molecule has 1 unspecified atom stereocenters. The van der Waals surface area contributed by atoms with Crippen LogP contribution in [-0.2, 0) is 4.79 Å². The molecule has 19 heavy (non-hydrogen) atoms. The van der Waals surface area contributed by atoms with Crippen molar-refractivity contribution in [2.45, 2.75) is 12.8 Å². The van der Waals surface area contributed by atoms with E-state index in [1.807, 2.05) is 11.8 Å². The third kappa shape index (κ3) is 4.27. The molecule has 0 radical (unpaired) electrons. The summed E-state index contributed by atoms with van der Waals surface area (Å²) in [7, 11) is 0. The summed E-state index contributed by atoms with van der Waals surface area (Å²) in [6, 6.07) is 3.54. The molecule has 1 saturated heterocycles. The number of aromatic nitrogens is 1. The quantitative estimate of drug-likeness (QED) is 0.821. The lowest BCUT2D eigenvalue weighted by Crippen LogP contribution is -2.22. The Balaban J connectivity index is 1.98. The van der Waals surface area contributed by atoms with Gasteiger partial charge in [0, 0.05) is 29.9 Å². The number of thioether (sulfide) groups is 1. The van der Waals surface area contributed by atoms with E-state index in [1.165, 1.54) is 0 Å². The second-order valence-corrected chi connectivity index (χ2v) is 5.40. The number of carbonyl (C=O) groups excluding carboxylic acids is 1. The average molecular weight is 276 g/mol. The van der Waals surface area contributed by atoms with Crippen LogP contribution < -0.4 is 5.32 Å². The smallest absolute Gasteiger partial charge is 0.229 e. The molecule has 100 valence electrons. The van der Waals surface area contributed by atoms with Gasteiger partial charge in [0.25, 0.3) is 0 Å². The van der Waals surface area contributed by atoms with E-state index in [0.717, 1.165) is 23.5 Å². The molecular formula is C14H16N2O2S. The van der Waals surface area contributed by atoms with Crippen molar-refractivity contribution in [2.75, 3.05) is 23.4 Å². The molecule has 0 saturated carbocycles. The Labute approximate surface area is 117 Å². The molecule has 5 heteroatoms. The van der Waals surface area contributed by atoms with E-state index < -0.39 is 0 Å². The number of pyridine rings is 1. The number of nitrogens with zero attached hydrogens (tertiary/aromatic N) is 1. The zero-order chi connectivity index (χ0) is 13.5. The first kappa shape index (κ1) is 13.9. The number of nitrogens with one attached hydrogen (secondary N) is 1. The number of hydrogen-bond donors (Lipinski definition) is 2. The highest BCUT2D eigenvalue weighted by atomic mass is 32.2. The monoisotopic (exact) mass is 276 g/mol. The Morgan fingerprint density at radius 3 is 3.26 bits per heavy atom. The molecule has 0 spiro atoms. The molecule has 1 atom stereocenters. The van der Waals surface area contributed by atoms with Crippen molar-refractivity contribution >= 4 is 23.5 Å². The van der Waals surface area contributed by atoms with E-state index in [4.69, 9.17) is 5.11 Å². The standard InChI is InChI=1S/C14H16N2O2S/c17-7-2-1-3-11-4-6-15-13(9-11)16-14(18)12-5-8-19-10-12/h4,6,9,12,17H,2,5,7-8,10H2,(H,15,16,18). The molecule has 1 aromatic heterocycles. The highest BCUT2D eigenvalue weighted by Gasteiger charge is 2.23. The van der Waals surface area contributed by atoms with Crippen molar-refractivity contribution < 1.29 is 9.90 Å². The minimum Gasteiger partial charge on any atom is -0.395 e. The molecule has 0 bridgehead atoms. The number of aliphatic hydroxyl groups excluding tert-OH is 1. The topological polar surface area (TPSA) is 62.2 Å². The number of rotatable bonds is 3. The number of aliphatic hydroxyl groups is 1. The summed E-state index contributed by atoms with van der Waals surface area (Å²) >= 11 is 1.81. The minimum atomic E-state index is 0.0398. The van der Waals surface area contributed by atoms with Gasteiger partial charge in [-0.25, -0.2) is 4.98 Å². The van der Waals surface area contributed by atoms with Gasteiger partial charge >= 0.3 is 0 Å². The molecule has 4 nitrogen and oxygen atoms in total. The van der Waals surface area contributed by atoms with Crippen molar-refractivity contribution in [1.29, 1.82) is 0 Å². The fourth-order valence-corrected chi connectivity index (χ4v) is 2.99. The van der Waals surface area contributed by atoms with E-state index in [-0.39, 0.29) is 18.4 Å². The minimum absolute atomic E-state index is 0.0398. The van der Waals surface area contributed by atoms with Gasteiger partial charge in [0.05, 0.1) is 6.61 Å². The number of anilines is 1. The Morgan fingerprint density at radius 2 is 2.53 bits per heavy atom. The Bertz CT molecular complexity index is 502. The molecular weight excluding hydrogens is 260 g/mol. The summed E-state index contributed by atoms with van der Waals surface area (Å²) in [6.07, 6.45) is 3.01. The highest BCUT2D eigenvalue weighted by Crippen LogP contribution is 2.24. The lowest BCUT2D eigenvalue weighted by Gasteiger charge is -2.08. The molecule has 1 fully saturated rings. The average Bonchev–Trinajstić information content (AvgIpc) is 2.93. The maximum absolute atomic E-state index is 12.0. The first-order valence-electron chi connectivity index (χ1n) is 6.24. The van der Waals surface area contributed by atoms with Gasteiger partial charge in [-0.3, -0.25) is 4.79 Å². The fourth-order valence-electron chi connectivity index (χ4n) is 1.77. The predicted octanol–water partition coefficient (Wildman–Crippen LogP) is 1.51. The van der Waals surface area contributed by atoms with E-state index in [1.54, 1.807) is 18.3 Å². The predicted molar refractivity (Wildman–Crippen MR) is 76.9 cm³/mol. The van der Waals surface area contributed by atoms with Crippen LogP contribution in [0.2, 0.25) is 0 Å². The third-order valence-corrected chi connectivity index (χ3v) is 3.94. The van der Waals surface area contributed by atoms with Gasteiger partial charge in [0.1, 0.15) is 5.82 Å². The van der Waals surface area contributed by atoms with Gasteiger partial charge in [0.15, 0.2) is 0 Å². The van der Waals surface area contributed by atoms with Crippen molar-refractivity contribution in [3.8, 4) is 11.8 Å². The lowest BCUT2D eigenvalue weighted by atomic mass is 10.1. The Kier molecular flexibility index (Phi) is 5.25. The van der Waals surface area contributed by atoms with Gasteiger partial charge in [-0.15, -0.1) is 0 Å². The van der Waals surface area contributed by atoms with Crippen LogP contribution in [0.15, 0.2) is 18.3 Å². The second-order valence-electron chi connectivity index (χ2n) is 4.25. The van der Waals surface area contributed by atoms with Crippen molar-refractivity contribution in [3.63, 3.8) is 0 Å². The normalized spacial score (nSPS) is 17.6. The molecule has 2 N–H and O–H groups in total. The van der Waals surface area contributed by atoms with Crippen LogP contribution in [0.4, 0.5) is 5.82 Å². The van der Waals surface area contributed by atoms with Crippen LogP contribution >= 0.6 is 11.8 Å².